The van der Waals surface area contributed by atoms with Gasteiger partial charge in [0.2, 0.25) is 0 Å². The van der Waals surface area contributed by atoms with Crippen LogP contribution >= 0.6 is 0 Å². The van der Waals surface area contributed by atoms with E-state index in [0.717, 1.165) is 6.42 Å². The van der Waals surface area contributed by atoms with Crippen molar-refractivity contribution in [2.24, 2.45) is 0 Å². The van der Waals surface area contributed by atoms with E-state index in [2.05, 4.69) is 24.3 Å². The topological polar surface area (TPSA) is 81.4 Å². The molecule has 1 atom stereocenters. The Hall–Kier alpha value is -2.63. The van der Waals surface area contributed by atoms with Gasteiger partial charge in [0, 0.05) is 5.69 Å². The molecule has 0 unspecified atom stereocenters. The van der Waals surface area contributed by atoms with Crippen molar-refractivity contribution < 1.29 is 18.8 Å². The summed E-state index contributed by atoms with van der Waals surface area (Å²) in [6.45, 7) is 7.19. The molecule has 1 heterocycles. The normalized spacial score (nSPS) is 11.8. The molecule has 0 radical (unpaired) electrons. The molecule has 0 saturated carbocycles. The fourth-order valence-corrected chi connectivity index (χ4v) is 2.31. The van der Waals surface area contributed by atoms with Gasteiger partial charge < -0.3 is 14.6 Å². The summed E-state index contributed by atoms with van der Waals surface area (Å²) in [5.41, 5.74) is 2.60. The van der Waals surface area contributed by atoms with Crippen LogP contribution in [0.15, 0.2) is 28.8 Å². The third-order valence-electron chi connectivity index (χ3n) is 3.95. The van der Waals surface area contributed by atoms with Crippen molar-refractivity contribution in [2.75, 3.05) is 11.9 Å². The first-order valence-corrected chi connectivity index (χ1v) is 7.92. The molecule has 0 saturated heterocycles. The molecule has 0 bridgehead atoms. The van der Waals surface area contributed by atoms with Gasteiger partial charge in [0.1, 0.15) is 11.3 Å². The minimum atomic E-state index is -0.617. The number of aryl methyl sites for hydroxylation is 2. The van der Waals surface area contributed by atoms with Gasteiger partial charge in [-0.1, -0.05) is 31.1 Å². The van der Waals surface area contributed by atoms with Crippen molar-refractivity contribution in [3.05, 3.63) is 46.8 Å². The van der Waals surface area contributed by atoms with Crippen molar-refractivity contribution in [3.63, 3.8) is 0 Å². The Kier molecular flexibility index (Phi) is 5.73. The van der Waals surface area contributed by atoms with Crippen LogP contribution < -0.4 is 5.32 Å². The zero-order valence-electron chi connectivity index (χ0n) is 14.4. The Bertz CT molecular complexity index is 700. The molecule has 0 fully saturated rings. The summed E-state index contributed by atoms with van der Waals surface area (Å²) in [6.07, 6.45) is 1.06. The average Bonchev–Trinajstić information content (AvgIpc) is 2.91. The molecular weight excluding hydrogens is 308 g/mol. The number of rotatable bonds is 6. The predicted molar refractivity (Wildman–Crippen MR) is 90.0 cm³/mol. The molecule has 6 heteroatoms. The SMILES string of the molecule is CC[C@H](C)c1ccc(NC(=O)COC(=O)c2c(C)noc2C)cc1. The lowest BCUT2D eigenvalue weighted by Crippen LogP contribution is -2.21. The summed E-state index contributed by atoms with van der Waals surface area (Å²) in [5.74, 6) is -0.163. The smallest absolute Gasteiger partial charge is 0.344 e. The number of hydrogen-bond acceptors (Lipinski definition) is 5. The highest BCUT2D eigenvalue weighted by Crippen LogP contribution is 2.20. The first-order valence-electron chi connectivity index (χ1n) is 7.92. The second kappa shape index (κ2) is 7.77. The molecule has 1 N–H and O–H groups in total. The number of ether oxygens (including phenoxy) is 1. The van der Waals surface area contributed by atoms with E-state index in [1.54, 1.807) is 13.8 Å². The van der Waals surface area contributed by atoms with Crippen molar-refractivity contribution in [2.45, 2.75) is 40.0 Å². The average molecular weight is 330 g/mol. The largest absolute Gasteiger partial charge is 0.452 e. The number of aromatic nitrogens is 1. The lowest BCUT2D eigenvalue weighted by atomic mass is 9.99. The second-order valence-corrected chi connectivity index (χ2v) is 5.75. The summed E-state index contributed by atoms with van der Waals surface area (Å²) in [7, 11) is 0. The number of hydrogen-bond donors (Lipinski definition) is 1. The summed E-state index contributed by atoms with van der Waals surface area (Å²) in [4.78, 5) is 23.9. The summed E-state index contributed by atoms with van der Waals surface area (Å²) >= 11 is 0. The lowest BCUT2D eigenvalue weighted by molar-refractivity contribution is -0.119. The molecule has 128 valence electrons. The van der Waals surface area contributed by atoms with Crippen LogP contribution in [-0.2, 0) is 9.53 Å². The van der Waals surface area contributed by atoms with Crippen molar-refractivity contribution in [3.8, 4) is 0 Å². The maximum Gasteiger partial charge on any atom is 0.344 e. The van der Waals surface area contributed by atoms with Gasteiger partial charge in [0.05, 0.1) is 5.69 Å². The fraction of sp³-hybridized carbons (Fsp3) is 0.389. The highest BCUT2D eigenvalue weighted by molar-refractivity contribution is 5.96. The fourth-order valence-electron chi connectivity index (χ4n) is 2.31. The van der Waals surface area contributed by atoms with Gasteiger partial charge in [-0.15, -0.1) is 0 Å². The number of carbonyl (C=O) groups excluding carboxylic acids is 2. The predicted octanol–water partition coefficient (Wildman–Crippen LogP) is 3.60. The van der Waals surface area contributed by atoms with Gasteiger partial charge >= 0.3 is 5.97 Å². The highest BCUT2D eigenvalue weighted by atomic mass is 16.5. The van der Waals surface area contributed by atoms with E-state index in [9.17, 15) is 9.59 Å². The molecule has 1 aromatic heterocycles. The van der Waals surface area contributed by atoms with Gasteiger partial charge in [-0.2, -0.15) is 0 Å². The van der Waals surface area contributed by atoms with E-state index in [-0.39, 0.29) is 12.2 Å². The molecule has 1 aromatic carbocycles. The van der Waals surface area contributed by atoms with E-state index < -0.39 is 11.9 Å². The van der Waals surface area contributed by atoms with Crippen molar-refractivity contribution in [1.82, 2.24) is 5.16 Å². The first-order chi connectivity index (χ1) is 11.4. The third-order valence-corrected chi connectivity index (χ3v) is 3.95. The number of carbonyl (C=O) groups is 2. The monoisotopic (exact) mass is 330 g/mol. The number of benzene rings is 1. The van der Waals surface area contributed by atoms with Gasteiger partial charge in [0.25, 0.3) is 5.91 Å². The van der Waals surface area contributed by atoms with E-state index in [1.807, 2.05) is 24.3 Å². The maximum atomic E-state index is 12.0. The Balaban J connectivity index is 1.88. The summed E-state index contributed by atoms with van der Waals surface area (Å²) < 4.78 is 9.92. The number of nitrogens with one attached hydrogen (secondary N) is 1. The maximum absolute atomic E-state index is 12.0. The molecule has 2 aromatic rings. The molecule has 0 aliphatic rings. The van der Waals surface area contributed by atoms with Gasteiger partial charge in [-0.3, -0.25) is 4.79 Å². The number of anilines is 1. The second-order valence-electron chi connectivity index (χ2n) is 5.75. The minimum absolute atomic E-state index is 0.265. The van der Waals surface area contributed by atoms with Crippen molar-refractivity contribution in [1.29, 1.82) is 0 Å². The molecule has 0 aliphatic carbocycles. The van der Waals surface area contributed by atoms with Gasteiger partial charge in [-0.25, -0.2) is 4.79 Å². The molecule has 6 nitrogen and oxygen atoms in total. The number of nitrogens with zero attached hydrogens (tertiary/aromatic N) is 1. The Morgan fingerprint density at radius 3 is 2.46 bits per heavy atom. The van der Waals surface area contributed by atoms with Crippen LogP contribution in [0.3, 0.4) is 0 Å². The highest BCUT2D eigenvalue weighted by Gasteiger charge is 2.19. The third kappa shape index (κ3) is 4.22. The molecule has 24 heavy (non-hydrogen) atoms. The van der Waals surface area contributed by atoms with Gasteiger partial charge in [-0.05, 0) is 43.9 Å². The number of esters is 1. The first kappa shape index (κ1) is 17.7. The quantitative estimate of drug-likeness (QED) is 0.818. The molecule has 1 amide bonds. The van der Waals surface area contributed by atoms with Crippen LogP contribution in [0.2, 0.25) is 0 Å². The van der Waals surface area contributed by atoms with Crippen LogP contribution in [0.4, 0.5) is 5.69 Å². The van der Waals surface area contributed by atoms with Crippen LogP contribution in [0, 0.1) is 13.8 Å². The van der Waals surface area contributed by atoms with E-state index >= 15 is 0 Å². The zero-order valence-corrected chi connectivity index (χ0v) is 14.4. The molecule has 0 aliphatic heterocycles. The number of amides is 1. The van der Waals surface area contributed by atoms with Crippen LogP contribution in [0.25, 0.3) is 0 Å². The molecule has 0 spiro atoms. The molecule has 2 rings (SSSR count). The van der Waals surface area contributed by atoms with E-state index in [1.165, 1.54) is 5.56 Å². The zero-order chi connectivity index (χ0) is 17.7. The lowest BCUT2D eigenvalue weighted by Gasteiger charge is -2.10. The standard InChI is InChI=1S/C18H22N2O4/c1-5-11(2)14-6-8-15(9-7-14)19-16(21)10-23-18(22)17-12(3)20-24-13(17)4/h6-9,11H,5,10H2,1-4H3,(H,19,21)/t11-/m0/s1. The summed E-state index contributed by atoms with van der Waals surface area (Å²) in [6, 6.07) is 7.66. The molecular formula is C18H22N2O4. The Morgan fingerprint density at radius 2 is 1.92 bits per heavy atom. The van der Waals surface area contributed by atoms with Gasteiger partial charge in [0.15, 0.2) is 6.61 Å². The summed E-state index contributed by atoms with van der Waals surface area (Å²) in [5, 5.41) is 6.39. The van der Waals surface area contributed by atoms with Crippen molar-refractivity contribution >= 4 is 17.6 Å². The van der Waals surface area contributed by atoms with E-state index in [4.69, 9.17) is 9.26 Å². The van der Waals surface area contributed by atoms with Crippen LogP contribution in [0.5, 0.6) is 0 Å². The van der Waals surface area contributed by atoms with E-state index in [0.29, 0.717) is 23.1 Å². The van der Waals surface area contributed by atoms with Crippen LogP contribution in [0.1, 0.15) is 53.6 Å². The van der Waals surface area contributed by atoms with Crippen LogP contribution in [-0.4, -0.2) is 23.6 Å². The Morgan fingerprint density at radius 1 is 1.25 bits per heavy atom. The Labute approximate surface area is 141 Å². The minimum Gasteiger partial charge on any atom is -0.452 e.